The van der Waals surface area contributed by atoms with Crippen molar-refractivity contribution in [3.8, 4) is 34.0 Å². The zero-order valence-electron chi connectivity index (χ0n) is 21.9. The Bertz CT molecular complexity index is 1690. The largest absolute Gasteiger partial charge is 0.497 e. The van der Waals surface area contributed by atoms with Crippen LogP contribution in [0.2, 0.25) is 0 Å². The Morgan fingerprint density at radius 1 is 0.718 bits per heavy atom. The topological polar surface area (TPSA) is 77.1 Å². The third-order valence-corrected chi connectivity index (χ3v) is 6.23. The molecule has 0 spiro atoms. The molecule has 0 radical (unpaired) electrons. The molecule has 0 amide bonds. The third kappa shape index (κ3) is 5.77. The van der Waals surface area contributed by atoms with Crippen LogP contribution < -0.4 is 20.1 Å². The van der Waals surface area contributed by atoms with Crippen molar-refractivity contribution in [2.24, 2.45) is 0 Å². The van der Waals surface area contributed by atoms with Crippen molar-refractivity contribution in [2.75, 3.05) is 38.7 Å². The van der Waals surface area contributed by atoms with Gasteiger partial charge in [-0.25, -0.2) is 14.4 Å². The number of benzene rings is 2. The molecule has 0 fully saturated rings. The summed E-state index contributed by atoms with van der Waals surface area (Å²) in [6.07, 6.45) is 7.93. The Hall–Kier alpha value is -5.05. The van der Waals surface area contributed by atoms with E-state index < -0.39 is 6.86 Å². The van der Waals surface area contributed by atoms with E-state index in [1.165, 1.54) is 0 Å². The van der Waals surface area contributed by atoms with Crippen LogP contribution in [0.3, 0.4) is 0 Å². The number of pyridine rings is 2. The van der Waals surface area contributed by atoms with Crippen LogP contribution in [0, 0.1) is 0 Å². The van der Waals surface area contributed by atoms with Gasteiger partial charge in [-0.1, -0.05) is 12.1 Å². The fraction of sp³-hybridized carbons (Fsp3) is 0.133. The molecule has 0 aliphatic carbocycles. The van der Waals surface area contributed by atoms with E-state index in [2.05, 4.69) is 20.6 Å². The zero-order valence-corrected chi connectivity index (χ0v) is 21.9. The first kappa shape index (κ1) is 25.6. The lowest BCUT2D eigenvalue weighted by molar-refractivity contribution is 0.192. The third-order valence-electron chi connectivity index (χ3n) is 6.23. The van der Waals surface area contributed by atoms with E-state index in [0.717, 1.165) is 50.9 Å². The Kier molecular flexibility index (Phi) is 7.58. The van der Waals surface area contributed by atoms with Gasteiger partial charge < -0.3 is 28.9 Å². The number of hydrogen-bond acceptors (Lipinski definition) is 6. The van der Waals surface area contributed by atoms with Crippen molar-refractivity contribution < 1.29 is 13.9 Å². The second-order valence-electron chi connectivity index (χ2n) is 8.62. The standard InChI is InChI=1S/C15H14FN3O.C15H15N3O/c1-17-12-6-7-19-9-14(18-15(19)8-12)11-2-4-13(5-3-11)20-10-16;1-16-12-6-7-18-10-14(17-15(18)9-12)11-4-3-5-13(8-11)19-2/h2-9,17H,10H2,1H3;3-10,16H,1-2H3. The van der Waals surface area contributed by atoms with E-state index >= 15 is 0 Å². The van der Waals surface area contributed by atoms with Crippen molar-refractivity contribution in [3.05, 3.63) is 97.6 Å². The van der Waals surface area contributed by atoms with Crippen molar-refractivity contribution >= 4 is 22.7 Å². The molecule has 0 bridgehead atoms. The molecule has 2 N–H and O–H groups in total. The maximum atomic E-state index is 12.1. The minimum atomic E-state index is -0.819. The summed E-state index contributed by atoms with van der Waals surface area (Å²) in [5.74, 6) is 1.35. The molecule has 4 heterocycles. The van der Waals surface area contributed by atoms with Crippen molar-refractivity contribution in [3.63, 3.8) is 0 Å². The summed E-state index contributed by atoms with van der Waals surface area (Å²) in [5.41, 5.74) is 7.68. The first-order valence-corrected chi connectivity index (χ1v) is 12.4. The van der Waals surface area contributed by atoms with Crippen LogP contribution in [-0.2, 0) is 0 Å². The van der Waals surface area contributed by atoms with E-state index in [0.29, 0.717) is 5.75 Å². The van der Waals surface area contributed by atoms with Gasteiger partial charge in [0.1, 0.15) is 22.8 Å². The highest BCUT2D eigenvalue weighted by atomic mass is 19.1. The highest BCUT2D eigenvalue weighted by Gasteiger charge is 2.07. The van der Waals surface area contributed by atoms with Gasteiger partial charge in [0.15, 0.2) is 0 Å². The second kappa shape index (κ2) is 11.6. The van der Waals surface area contributed by atoms with E-state index in [1.807, 2.05) is 108 Å². The van der Waals surface area contributed by atoms with E-state index in [9.17, 15) is 4.39 Å². The number of hydrogen-bond donors (Lipinski definition) is 2. The number of methoxy groups -OCH3 is 1. The summed E-state index contributed by atoms with van der Waals surface area (Å²) in [6, 6.07) is 23.1. The smallest absolute Gasteiger partial charge is 0.228 e. The molecule has 0 unspecified atom stereocenters. The van der Waals surface area contributed by atoms with Gasteiger partial charge in [-0.05, 0) is 48.5 Å². The SMILES string of the molecule is CNc1ccn2cc(-c3ccc(OCF)cc3)nc2c1.CNc1ccn2cc(-c3cccc(OC)c3)nc2c1. The highest BCUT2D eigenvalue weighted by Crippen LogP contribution is 2.25. The average molecular weight is 525 g/mol. The average Bonchev–Trinajstić information content (AvgIpc) is 3.61. The molecule has 0 atom stereocenters. The molecule has 6 rings (SSSR count). The first-order chi connectivity index (χ1) is 19.1. The molecule has 9 heteroatoms. The van der Waals surface area contributed by atoms with Crippen LogP contribution in [0.1, 0.15) is 0 Å². The van der Waals surface area contributed by atoms with Crippen LogP contribution in [0.5, 0.6) is 11.5 Å². The normalized spacial score (nSPS) is 10.7. The number of rotatable bonds is 7. The Morgan fingerprint density at radius 2 is 1.31 bits per heavy atom. The molecule has 198 valence electrons. The number of fused-ring (bicyclic) bond motifs is 2. The summed E-state index contributed by atoms with van der Waals surface area (Å²) in [4.78, 5) is 9.21. The predicted molar refractivity (Wildman–Crippen MR) is 154 cm³/mol. The maximum absolute atomic E-state index is 12.1. The van der Waals surface area contributed by atoms with E-state index in [-0.39, 0.29) is 0 Å². The predicted octanol–water partition coefficient (Wildman–Crippen LogP) is 6.40. The van der Waals surface area contributed by atoms with Crippen LogP contribution in [0.25, 0.3) is 33.8 Å². The molecule has 0 aliphatic heterocycles. The molecule has 2 aromatic carbocycles. The fourth-order valence-corrected chi connectivity index (χ4v) is 4.12. The molecular formula is C30H29FN6O2. The van der Waals surface area contributed by atoms with Gasteiger partial charge in [0, 0.05) is 73.5 Å². The van der Waals surface area contributed by atoms with Crippen LogP contribution in [0.15, 0.2) is 97.6 Å². The van der Waals surface area contributed by atoms with Gasteiger partial charge in [-0.3, -0.25) is 0 Å². The van der Waals surface area contributed by atoms with Gasteiger partial charge in [0.05, 0.1) is 18.5 Å². The molecule has 39 heavy (non-hydrogen) atoms. The van der Waals surface area contributed by atoms with Gasteiger partial charge in [0.25, 0.3) is 0 Å². The van der Waals surface area contributed by atoms with Gasteiger partial charge in [-0.2, -0.15) is 0 Å². The lowest BCUT2D eigenvalue weighted by atomic mass is 10.1. The lowest BCUT2D eigenvalue weighted by Crippen LogP contribution is -1.89. The molecule has 8 nitrogen and oxygen atoms in total. The van der Waals surface area contributed by atoms with Gasteiger partial charge >= 0.3 is 0 Å². The number of aromatic nitrogens is 4. The summed E-state index contributed by atoms with van der Waals surface area (Å²) < 4.78 is 26.1. The molecule has 4 aromatic heterocycles. The van der Waals surface area contributed by atoms with Crippen LogP contribution in [-0.4, -0.2) is 46.8 Å². The number of imidazole rings is 2. The first-order valence-electron chi connectivity index (χ1n) is 12.4. The number of anilines is 2. The quantitative estimate of drug-likeness (QED) is 0.252. The Labute approximate surface area is 225 Å². The van der Waals surface area contributed by atoms with Crippen molar-refractivity contribution in [1.82, 2.24) is 18.8 Å². The minimum Gasteiger partial charge on any atom is -0.497 e. The van der Waals surface area contributed by atoms with Crippen LogP contribution in [0.4, 0.5) is 15.8 Å². The fourth-order valence-electron chi connectivity index (χ4n) is 4.12. The number of halogens is 1. The van der Waals surface area contributed by atoms with Crippen LogP contribution >= 0.6 is 0 Å². The molecule has 6 aromatic rings. The Morgan fingerprint density at radius 3 is 1.85 bits per heavy atom. The van der Waals surface area contributed by atoms with Gasteiger partial charge in [-0.15, -0.1) is 0 Å². The lowest BCUT2D eigenvalue weighted by Gasteiger charge is -2.01. The Balaban J connectivity index is 0.000000158. The van der Waals surface area contributed by atoms with Crippen molar-refractivity contribution in [1.29, 1.82) is 0 Å². The van der Waals surface area contributed by atoms with E-state index in [1.54, 1.807) is 19.2 Å². The summed E-state index contributed by atoms with van der Waals surface area (Å²) in [6.45, 7) is -0.819. The number of alkyl halides is 1. The van der Waals surface area contributed by atoms with Gasteiger partial charge in [0.2, 0.25) is 6.86 Å². The summed E-state index contributed by atoms with van der Waals surface area (Å²) in [5, 5.41) is 6.20. The monoisotopic (exact) mass is 524 g/mol. The molecular weight excluding hydrogens is 495 g/mol. The summed E-state index contributed by atoms with van der Waals surface area (Å²) >= 11 is 0. The number of ether oxygens (including phenoxy) is 2. The number of nitrogens with one attached hydrogen (secondary N) is 2. The minimum absolute atomic E-state index is 0.512. The highest BCUT2D eigenvalue weighted by molar-refractivity contribution is 5.67. The van der Waals surface area contributed by atoms with Crippen molar-refractivity contribution in [2.45, 2.75) is 0 Å². The molecule has 0 saturated carbocycles. The summed E-state index contributed by atoms with van der Waals surface area (Å²) in [7, 11) is 5.44. The zero-order chi connectivity index (χ0) is 27.2. The second-order valence-corrected chi connectivity index (χ2v) is 8.62. The maximum Gasteiger partial charge on any atom is 0.228 e. The van der Waals surface area contributed by atoms with E-state index in [4.69, 9.17) is 9.47 Å². The molecule has 0 aliphatic rings. The molecule has 0 saturated heterocycles. The number of nitrogens with zero attached hydrogens (tertiary/aromatic N) is 4.